The molecule has 2 fully saturated rings. The molecule has 2 aliphatic heterocycles. The van der Waals surface area contributed by atoms with E-state index in [1.165, 1.54) is 12.8 Å². The van der Waals surface area contributed by atoms with Gasteiger partial charge in [-0.1, -0.05) is 0 Å². The first-order valence-corrected chi connectivity index (χ1v) is 6.49. The fraction of sp³-hybridized carbons (Fsp3) is 1.00. The van der Waals surface area contributed by atoms with Crippen molar-refractivity contribution in [2.45, 2.75) is 31.8 Å². The summed E-state index contributed by atoms with van der Waals surface area (Å²) in [5.74, 6) is 0. The largest absolute Gasteiger partial charge is 0.381 e. The maximum atomic E-state index is 5.43. The second-order valence-corrected chi connectivity index (χ2v) is 4.80. The highest BCUT2D eigenvalue weighted by atomic mass is 16.5. The van der Waals surface area contributed by atoms with Crippen LogP contribution in [0, 0.1) is 0 Å². The van der Waals surface area contributed by atoms with E-state index in [-0.39, 0.29) is 0 Å². The molecule has 0 amide bonds. The summed E-state index contributed by atoms with van der Waals surface area (Å²) in [6.07, 6.45) is 2.33. The molecule has 2 heterocycles. The number of ether oxygens (including phenoxy) is 2. The molecule has 0 aliphatic carbocycles. The lowest BCUT2D eigenvalue weighted by Gasteiger charge is -2.34. The van der Waals surface area contributed by atoms with Gasteiger partial charge in [-0.3, -0.25) is 4.90 Å². The fourth-order valence-electron chi connectivity index (χ4n) is 2.41. The van der Waals surface area contributed by atoms with Gasteiger partial charge in [0.2, 0.25) is 0 Å². The third-order valence-corrected chi connectivity index (χ3v) is 3.56. The van der Waals surface area contributed by atoms with E-state index < -0.39 is 0 Å². The standard InChI is InChI=1S/C12H24N2O2/c1-11-10-16-9-6-14(11)5-4-13-12-2-7-15-8-3-12/h11-13H,2-10H2,1H3. The number of nitrogens with zero attached hydrogens (tertiary/aromatic N) is 1. The average Bonchev–Trinajstić information content (AvgIpc) is 2.33. The van der Waals surface area contributed by atoms with Crippen LogP contribution in [0.3, 0.4) is 0 Å². The van der Waals surface area contributed by atoms with E-state index in [0.717, 1.165) is 46.1 Å². The molecule has 1 N–H and O–H groups in total. The van der Waals surface area contributed by atoms with Gasteiger partial charge in [0.1, 0.15) is 0 Å². The maximum absolute atomic E-state index is 5.43. The zero-order valence-corrected chi connectivity index (χ0v) is 10.3. The molecule has 0 saturated carbocycles. The van der Waals surface area contributed by atoms with Crippen LogP contribution >= 0.6 is 0 Å². The molecule has 0 radical (unpaired) electrons. The van der Waals surface area contributed by atoms with Crippen molar-refractivity contribution >= 4 is 0 Å². The van der Waals surface area contributed by atoms with Gasteiger partial charge in [-0.2, -0.15) is 0 Å². The van der Waals surface area contributed by atoms with Crippen molar-refractivity contribution in [2.24, 2.45) is 0 Å². The predicted octanol–water partition coefficient (Wildman–Crippen LogP) is 0.476. The Morgan fingerprint density at radius 3 is 2.75 bits per heavy atom. The van der Waals surface area contributed by atoms with E-state index in [4.69, 9.17) is 9.47 Å². The van der Waals surface area contributed by atoms with Crippen molar-refractivity contribution in [3.8, 4) is 0 Å². The summed E-state index contributed by atoms with van der Waals surface area (Å²) in [5, 5.41) is 3.63. The minimum atomic E-state index is 0.574. The fourth-order valence-corrected chi connectivity index (χ4v) is 2.41. The van der Waals surface area contributed by atoms with E-state index in [1.54, 1.807) is 0 Å². The van der Waals surface area contributed by atoms with Gasteiger partial charge >= 0.3 is 0 Å². The van der Waals surface area contributed by atoms with Crippen LogP contribution in [-0.2, 0) is 9.47 Å². The third kappa shape index (κ3) is 3.70. The molecular weight excluding hydrogens is 204 g/mol. The summed E-state index contributed by atoms with van der Waals surface area (Å²) >= 11 is 0. The van der Waals surface area contributed by atoms with Gasteiger partial charge in [0.25, 0.3) is 0 Å². The highest BCUT2D eigenvalue weighted by Gasteiger charge is 2.19. The molecule has 2 saturated heterocycles. The molecule has 1 atom stereocenters. The summed E-state index contributed by atoms with van der Waals surface area (Å²) in [7, 11) is 0. The van der Waals surface area contributed by atoms with E-state index >= 15 is 0 Å². The van der Waals surface area contributed by atoms with E-state index in [2.05, 4.69) is 17.1 Å². The van der Waals surface area contributed by atoms with Crippen LogP contribution < -0.4 is 5.32 Å². The lowest BCUT2D eigenvalue weighted by atomic mass is 10.1. The van der Waals surface area contributed by atoms with Gasteiger partial charge in [0, 0.05) is 44.9 Å². The molecular formula is C12H24N2O2. The first-order chi connectivity index (χ1) is 7.86. The Kier molecular flexibility index (Phi) is 5.03. The number of hydrogen-bond acceptors (Lipinski definition) is 4. The zero-order chi connectivity index (χ0) is 11.2. The number of nitrogens with one attached hydrogen (secondary N) is 1. The third-order valence-electron chi connectivity index (χ3n) is 3.56. The number of hydrogen-bond donors (Lipinski definition) is 1. The van der Waals surface area contributed by atoms with E-state index in [9.17, 15) is 0 Å². The number of rotatable bonds is 4. The monoisotopic (exact) mass is 228 g/mol. The van der Waals surface area contributed by atoms with Gasteiger partial charge < -0.3 is 14.8 Å². The predicted molar refractivity (Wildman–Crippen MR) is 63.7 cm³/mol. The quantitative estimate of drug-likeness (QED) is 0.758. The van der Waals surface area contributed by atoms with Crippen LogP contribution in [0.5, 0.6) is 0 Å². The minimum absolute atomic E-state index is 0.574. The average molecular weight is 228 g/mol. The summed E-state index contributed by atoms with van der Waals surface area (Å²) in [6.45, 7) is 9.18. The highest BCUT2D eigenvalue weighted by molar-refractivity contribution is 4.74. The lowest BCUT2D eigenvalue weighted by Crippen LogP contribution is -2.47. The Hall–Kier alpha value is -0.160. The topological polar surface area (TPSA) is 33.7 Å². The van der Waals surface area contributed by atoms with Crippen LogP contribution in [0.25, 0.3) is 0 Å². The van der Waals surface area contributed by atoms with E-state index in [1.807, 2.05) is 0 Å². The molecule has 4 nitrogen and oxygen atoms in total. The summed E-state index contributed by atoms with van der Waals surface area (Å²) in [6, 6.07) is 1.25. The Balaban J connectivity index is 1.59. The van der Waals surface area contributed by atoms with Crippen LogP contribution in [0.2, 0.25) is 0 Å². The normalized spacial score (nSPS) is 29.4. The van der Waals surface area contributed by atoms with Crippen LogP contribution in [0.1, 0.15) is 19.8 Å². The van der Waals surface area contributed by atoms with Crippen LogP contribution in [0.15, 0.2) is 0 Å². The molecule has 16 heavy (non-hydrogen) atoms. The second-order valence-electron chi connectivity index (χ2n) is 4.80. The van der Waals surface area contributed by atoms with Crippen molar-refractivity contribution in [1.29, 1.82) is 0 Å². The first kappa shape index (κ1) is 12.3. The van der Waals surface area contributed by atoms with Crippen molar-refractivity contribution in [3.63, 3.8) is 0 Å². The van der Waals surface area contributed by atoms with Crippen molar-refractivity contribution < 1.29 is 9.47 Å². The van der Waals surface area contributed by atoms with Crippen molar-refractivity contribution in [2.75, 3.05) is 46.1 Å². The molecule has 0 aromatic carbocycles. The molecule has 0 aromatic rings. The van der Waals surface area contributed by atoms with Crippen LogP contribution in [-0.4, -0.2) is 63.0 Å². The molecule has 0 aromatic heterocycles. The summed E-state index contributed by atoms with van der Waals surface area (Å²) in [4.78, 5) is 2.51. The molecule has 4 heteroatoms. The molecule has 0 spiro atoms. The van der Waals surface area contributed by atoms with Crippen molar-refractivity contribution in [3.05, 3.63) is 0 Å². The molecule has 1 unspecified atom stereocenters. The molecule has 94 valence electrons. The summed E-state index contributed by atoms with van der Waals surface area (Å²) in [5.41, 5.74) is 0. The van der Waals surface area contributed by atoms with Crippen molar-refractivity contribution in [1.82, 2.24) is 10.2 Å². The zero-order valence-electron chi connectivity index (χ0n) is 10.3. The Bertz CT molecular complexity index is 195. The summed E-state index contributed by atoms with van der Waals surface area (Å²) < 4.78 is 10.8. The smallest absolute Gasteiger partial charge is 0.0619 e. The Morgan fingerprint density at radius 2 is 2.00 bits per heavy atom. The lowest BCUT2D eigenvalue weighted by molar-refractivity contribution is -0.000548. The minimum Gasteiger partial charge on any atom is -0.381 e. The second kappa shape index (κ2) is 6.55. The maximum Gasteiger partial charge on any atom is 0.0619 e. The van der Waals surface area contributed by atoms with Crippen LogP contribution in [0.4, 0.5) is 0 Å². The SMILES string of the molecule is CC1COCCN1CCNC1CCOCC1. The Labute approximate surface area is 98.3 Å². The Morgan fingerprint density at radius 1 is 1.19 bits per heavy atom. The van der Waals surface area contributed by atoms with Gasteiger partial charge in [-0.25, -0.2) is 0 Å². The highest BCUT2D eigenvalue weighted by Crippen LogP contribution is 2.07. The number of morpholine rings is 1. The van der Waals surface area contributed by atoms with Gasteiger partial charge in [-0.05, 0) is 19.8 Å². The molecule has 2 rings (SSSR count). The molecule has 2 aliphatic rings. The molecule has 0 bridgehead atoms. The first-order valence-electron chi connectivity index (χ1n) is 6.49. The van der Waals surface area contributed by atoms with Gasteiger partial charge in [0.05, 0.1) is 13.2 Å². The van der Waals surface area contributed by atoms with E-state index in [0.29, 0.717) is 12.1 Å². The van der Waals surface area contributed by atoms with Gasteiger partial charge in [-0.15, -0.1) is 0 Å². The van der Waals surface area contributed by atoms with Gasteiger partial charge in [0.15, 0.2) is 0 Å².